The highest BCUT2D eigenvalue weighted by atomic mass is 32.1. The summed E-state index contributed by atoms with van der Waals surface area (Å²) in [6, 6.07) is 4.52. The number of ether oxygens (including phenoxy) is 1. The maximum atomic E-state index is 12.0. The van der Waals surface area contributed by atoms with Gasteiger partial charge in [0.2, 0.25) is 0 Å². The van der Waals surface area contributed by atoms with Gasteiger partial charge in [0.25, 0.3) is 0 Å². The maximum Gasteiger partial charge on any atom is 0.410 e. The van der Waals surface area contributed by atoms with Gasteiger partial charge in [0.15, 0.2) is 0 Å². The maximum absolute atomic E-state index is 12.0. The van der Waals surface area contributed by atoms with E-state index in [1.54, 1.807) is 16.2 Å². The van der Waals surface area contributed by atoms with Crippen LogP contribution in [0.3, 0.4) is 0 Å². The summed E-state index contributed by atoms with van der Waals surface area (Å²) in [7, 11) is 0. The molecule has 1 aromatic heterocycles. The Morgan fingerprint density at radius 3 is 3.00 bits per heavy atom. The molecule has 4 nitrogen and oxygen atoms in total. The second-order valence-corrected chi connectivity index (χ2v) is 6.89. The number of nitrogens with one attached hydrogen (secondary N) is 1. The Morgan fingerprint density at radius 1 is 1.58 bits per heavy atom. The van der Waals surface area contributed by atoms with Gasteiger partial charge >= 0.3 is 6.09 Å². The third kappa shape index (κ3) is 4.51. The predicted molar refractivity (Wildman–Crippen MR) is 77.6 cm³/mol. The van der Waals surface area contributed by atoms with Crippen molar-refractivity contribution in [3.05, 3.63) is 22.4 Å². The zero-order chi connectivity index (χ0) is 13.9. The fraction of sp³-hybridized carbons (Fsp3) is 0.643. The van der Waals surface area contributed by atoms with Crippen LogP contribution in [0.2, 0.25) is 0 Å². The van der Waals surface area contributed by atoms with Gasteiger partial charge in [-0.25, -0.2) is 4.79 Å². The van der Waals surface area contributed by atoms with Gasteiger partial charge in [-0.15, -0.1) is 11.3 Å². The molecule has 0 bridgehead atoms. The molecule has 1 aliphatic heterocycles. The molecule has 1 aliphatic rings. The summed E-state index contributed by atoms with van der Waals surface area (Å²) in [6.07, 6.45) is 0.766. The second-order valence-electron chi connectivity index (χ2n) is 5.86. The average Bonchev–Trinajstić information content (AvgIpc) is 2.80. The van der Waals surface area contributed by atoms with Gasteiger partial charge in [0.1, 0.15) is 5.60 Å². The van der Waals surface area contributed by atoms with E-state index in [-0.39, 0.29) is 6.09 Å². The fourth-order valence-electron chi connectivity index (χ4n) is 2.13. The molecule has 0 radical (unpaired) electrons. The highest BCUT2D eigenvalue weighted by Crippen LogP contribution is 2.15. The minimum absolute atomic E-state index is 0.204. The molecule has 1 aromatic rings. The first-order chi connectivity index (χ1) is 8.94. The van der Waals surface area contributed by atoms with Crippen molar-refractivity contribution in [2.24, 2.45) is 0 Å². The van der Waals surface area contributed by atoms with Crippen LogP contribution in [0.4, 0.5) is 4.79 Å². The number of piperazine rings is 1. The number of rotatable bonds is 2. The number of carbonyl (C=O) groups excluding carboxylic acids is 1. The molecule has 1 atom stereocenters. The van der Waals surface area contributed by atoms with Crippen LogP contribution < -0.4 is 5.32 Å². The summed E-state index contributed by atoms with van der Waals surface area (Å²) < 4.78 is 5.42. The highest BCUT2D eigenvalue weighted by molar-refractivity contribution is 7.09. The van der Waals surface area contributed by atoms with E-state index in [2.05, 4.69) is 22.8 Å². The van der Waals surface area contributed by atoms with E-state index in [1.807, 2.05) is 20.8 Å². The number of hydrogen-bond acceptors (Lipinski definition) is 4. The van der Waals surface area contributed by atoms with Gasteiger partial charge in [0.05, 0.1) is 0 Å². The Hall–Kier alpha value is -1.07. The lowest BCUT2D eigenvalue weighted by Gasteiger charge is -2.34. The van der Waals surface area contributed by atoms with Crippen LogP contribution in [0.25, 0.3) is 0 Å². The summed E-state index contributed by atoms with van der Waals surface area (Å²) in [5, 5.41) is 5.55. The Balaban J connectivity index is 1.88. The molecular formula is C14H22N2O2S. The zero-order valence-corrected chi connectivity index (χ0v) is 12.6. The Labute approximate surface area is 118 Å². The normalized spacial score (nSPS) is 20.4. The summed E-state index contributed by atoms with van der Waals surface area (Å²) in [5.74, 6) is 0. The molecule has 1 amide bonds. The zero-order valence-electron chi connectivity index (χ0n) is 11.8. The monoisotopic (exact) mass is 282 g/mol. The molecule has 1 saturated heterocycles. The van der Waals surface area contributed by atoms with Crippen LogP contribution >= 0.6 is 11.3 Å². The number of carbonyl (C=O) groups is 1. The third-order valence-corrected chi connectivity index (χ3v) is 3.83. The number of thiophene rings is 1. The molecule has 2 heterocycles. The minimum atomic E-state index is -0.425. The molecule has 1 unspecified atom stereocenters. The van der Waals surface area contributed by atoms with Gasteiger partial charge < -0.3 is 15.0 Å². The van der Waals surface area contributed by atoms with Crippen molar-refractivity contribution in [3.8, 4) is 0 Å². The number of nitrogens with zero attached hydrogens (tertiary/aromatic N) is 1. The summed E-state index contributed by atoms with van der Waals surface area (Å²) in [6.45, 7) is 7.96. The van der Waals surface area contributed by atoms with Crippen molar-refractivity contribution in [1.29, 1.82) is 0 Å². The molecule has 0 spiro atoms. The van der Waals surface area contributed by atoms with Crippen LogP contribution in [0.1, 0.15) is 25.6 Å². The van der Waals surface area contributed by atoms with Crippen molar-refractivity contribution < 1.29 is 9.53 Å². The third-order valence-electron chi connectivity index (χ3n) is 2.93. The first kappa shape index (κ1) is 14.3. The van der Waals surface area contributed by atoms with Crippen molar-refractivity contribution >= 4 is 17.4 Å². The van der Waals surface area contributed by atoms with E-state index in [4.69, 9.17) is 4.74 Å². The van der Waals surface area contributed by atoms with Crippen molar-refractivity contribution in [2.75, 3.05) is 19.6 Å². The Kier molecular flexibility index (Phi) is 4.47. The van der Waals surface area contributed by atoms with Gasteiger partial charge in [-0.1, -0.05) is 6.07 Å². The molecule has 5 heteroatoms. The van der Waals surface area contributed by atoms with Gasteiger partial charge in [-0.3, -0.25) is 0 Å². The minimum Gasteiger partial charge on any atom is -0.444 e. The number of amides is 1. The van der Waals surface area contributed by atoms with Gasteiger partial charge in [0, 0.05) is 30.6 Å². The van der Waals surface area contributed by atoms with Crippen molar-refractivity contribution in [2.45, 2.75) is 38.8 Å². The molecular weight excluding hydrogens is 260 g/mol. The van der Waals surface area contributed by atoms with E-state index in [1.165, 1.54) is 4.88 Å². The average molecular weight is 282 g/mol. The lowest BCUT2D eigenvalue weighted by atomic mass is 10.1. The van der Waals surface area contributed by atoms with Crippen LogP contribution in [0.5, 0.6) is 0 Å². The van der Waals surface area contributed by atoms with Crippen LogP contribution in [0, 0.1) is 0 Å². The van der Waals surface area contributed by atoms with E-state index < -0.39 is 5.60 Å². The molecule has 0 aliphatic carbocycles. The topological polar surface area (TPSA) is 41.6 Å². The van der Waals surface area contributed by atoms with Crippen molar-refractivity contribution in [1.82, 2.24) is 10.2 Å². The van der Waals surface area contributed by atoms with E-state index in [0.29, 0.717) is 12.6 Å². The van der Waals surface area contributed by atoms with E-state index in [0.717, 1.165) is 19.5 Å². The summed E-state index contributed by atoms with van der Waals surface area (Å²) >= 11 is 1.76. The highest BCUT2D eigenvalue weighted by Gasteiger charge is 2.27. The van der Waals surface area contributed by atoms with E-state index >= 15 is 0 Å². The largest absolute Gasteiger partial charge is 0.444 e. The first-order valence-electron chi connectivity index (χ1n) is 6.68. The molecule has 0 aromatic carbocycles. The summed E-state index contributed by atoms with van der Waals surface area (Å²) in [4.78, 5) is 15.2. The quantitative estimate of drug-likeness (QED) is 0.906. The molecule has 1 N–H and O–H groups in total. The molecule has 1 fully saturated rings. The Bertz CT molecular complexity index is 412. The number of hydrogen-bond donors (Lipinski definition) is 1. The second kappa shape index (κ2) is 5.92. The molecule has 2 rings (SSSR count). The summed E-state index contributed by atoms with van der Waals surface area (Å²) in [5.41, 5.74) is -0.425. The first-order valence-corrected chi connectivity index (χ1v) is 7.56. The predicted octanol–water partition coefficient (Wildman–Crippen LogP) is 2.50. The van der Waals surface area contributed by atoms with Crippen LogP contribution in [-0.4, -0.2) is 42.3 Å². The van der Waals surface area contributed by atoms with E-state index in [9.17, 15) is 4.79 Å². The Morgan fingerprint density at radius 2 is 2.37 bits per heavy atom. The lowest BCUT2D eigenvalue weighted by Crippen LogP contribution is -2.54. The van der Waals surface area contributed by atoms with Crippen LogP contribution in [-0.2, 0) is 11.2 Å². The van der Waals surface area contributed by atoms with Gasteiger partial charge in [-0.2, -0.15) is 0 Å². The van der Waals surface area contributed by atoms with Crippen LogP contribution in [0.15, 0.2) is 17.5 Å². The fourth-order valence-corrected chi connectivity index (χ4v) is 2.91. The SMILES string of the molecule is CC(C)(C)OC(=O)N1CCNC(Cc2cccs2)C1. The molecule has 0 saturated carbocycles. The smallest absolute Gasteiger partial charge is 0.410 e. The van der Waals surface area contributed by atoms with Crippen molar-refractivity contribution in [3.63, 3.8) is 0 Å². The standard InChI is InChI=1S/C14H22N2O2S/c1-14(2,3)18-13(17)16-7-6-15-11(10-16)9-12-5-4-8-19-12/h4-5,8,11,15H,6-7,9-10H2,1-3H3. The lowest BCUT2D eigenvalue weighted by molar-refractivity contribution is 0.0196. The van der Waals surface area contributed by atoms with Gasteiger partial charge in [-0.05, 0) is 38.6 Å². The molecule has 106 valence electrons. The molecule has 19 heavy (non-hydrogen) atoms.